The number of nitrogens with one attached hydrogen (secondary N) is 2. The first kappa shape index (κ1) is 30.0. The van der Waals surface area contributed by atoms with Gasteiger partial charge < -0.3 is 19.9 Å². The number of amides is 3. The summed E-state index contributed by atoms with van der Waals surface area (Å²) in [4.78, 5) is 55.5. The number of aromatic nitrogens is 5. The van der Waals surface area contributed by atoms with E-state index >= 15 is 0 Å². The average Bonchev–Trinajstić information content (AvgIpc) is 3.99. The monoisotopic (exact) mass is 663 g/mol. The van der Waals surface area contributed by atoms with Crippen LogP contribution in [0.5, 0.6) is 5.75 Å². The molecule has 0 unspecified atom stereocenters. The number of rotatable bonds is 9. The molecule has 3 aromatic heterocycles. The first-order valence-corrected chi connectivity index (χ1v) is 16.7. The molecule has 2 fully saturated rings. The second-order valence-corrected chi connectivity index (χ2v) is 13.7. The molecule has 244 valence electrons. The molecule has 13 nitrogen and oxygen atoms in total. The van der Waals surface area contributed by atoms with Crippen LogP contribution in [-0.2, 0) is 16.8 Å². The zero-order chi connectivity index (χ0) is 33.2. The van der Waals surface area contributed by atoms with Gasteiger partial charge in [-0.2, -0.15) is 4.98 Å². The van der Waals surface area contributed by atoms with Crippen molar-refractivity contribution in [1.82, 2.24) is 34.4 Å². The topological polar surface area (TPSA) is 147 Å². The van der Waals surface area contributed by atoms with Crippen LogP contribution in [0.3, 0.4) is 0 Å². The van der Waals surface area contributed by atoms with Gasteiger partial charge in [-0.1, -0.05) is 18.2 Å². The zero-order valence-corrected chi connectivity index (χ0v) is 27.5. The Morgan fingerprint density at radius 2 is 1.96 bits per heavy atom. The number of para-hydroxylation sites is 1. The normalized spacial score (nSPS) is 16.1. The van der Waals surface area contributed by atoms with Gasteiger partial charge in [0.05, 0.1) is 19.3 Å². The summed E-state index contributed by atoms with van der Waals surface area (Å²) in [5.41, 5.74) is 4.97. The van der Waals surface area contributed by atoms with E-state index in [0.717, 1.165) is 47.4 Å². The van der Waals surface area contributed by atoms with Crippen LogP contribution in [0, 0.1) is 5.92 Å². The molecular formula is C34H33N9O4S. The van der Waals surface area contributed by atoms with E-state index < -0.39 is 0 Å². The molecule has 2 saturated carbocycles. The lowest BCUT2D eigenvalue weighted by molar-refractivity contribution is -0.117. The number of anilines is 3. The Balaban J connectivity index is 1.09. The number of thiazole rings is 1. The molecule has 2 aliphatic carbocycles. The summed E-state index contributed by atoms with van der Waals surface area (Å²) in [5, 5.41) is 13.1. The number of ether oxygens (including phenoxy) is 1. The van der Waals surface area contributed by atoms with Crippen molar-refractivity contribution >= 4 is 52.2 Å². The predicted octanol–water partition coefficient (Wildman–Crippen LogP) is 4.74. The summed E-state index contributed by atoms with van der Waals surface area (Å²) in [6.45, 7) is 0.971. The SMILES string of the molecule is COc1c(Nc2nc(NC(=O)C3CC3)nn3ccnc23)cccc1-c1ccc2c(c1)C1(CC1)CN(Cc1nc(C(=O)N(C)C)cs1)C2=O. The Hall–Kier alpha value is -5.37. The van der Waals surface area contributed by atoms with Gasteiger partial charge in [0.2, 0.25) is 11.9 Å². The van der Waals surface area contributed by atoms with Gasteiger partial charge in [-0.25, -0.2) is 14.5 Å². The standard InChI is InChI=1S/C34H33N9O4S/c1-41(2)32(46)25-17-48-26(36-25)16-42-18-34(11-12-34)23-15-20(9-10-22(23)31(42)45)21-5-4-6-24(27(21)47-3)37-28-29-35-13-14-43(29)40-33(38-28)39-30(44)19-7-8-19/h4-6,9-10,13-15,17,19H,7-8,11-12,16,18H2,1-3H3,(H2,37,38,39,40,44). The Bertz CT molecular complexity index is 2110. The van der Waals surface area contributed by atoms with Crippen molar-refractivity contribution in [2.24, 2.45) is 5.92 Å². The van der Waals surface area contributed by atoms with E-state index in [1.807, 2.05) is 35.2 Å². The lowest BCUT2D eigenvalue weighted by Gasteiger charge is -2.34. The van der Waals surface area contributed by atoms with Crippen LogP contribution in [0.2, 0.25) is 0 Å². The highest BCUT2D eigenvalue weighted by Crippen LogP contribution is 2.53. The number of fused-ring (bicyclic) bond motifs is 3. The van der Waals surface area contributed by atoms with E-state index in [-0.39, 0.29) is 35.0 Å². The summed E-state index contributed by atoms with van der Waals surface area (Å²) in [6, 6.07) is 11.8. The molecule has 5 aromatic rings. The van der Waals surface area contributed by atoms with Crippen molar-refractivity contribution in [2.75, 3.05) is 38.4 Å². The molecule has 0 saturated heterocycles. The molecule has 2 N–H and O–H groups in total. The van der Waals surface area contributed by atoms with Crippen molar-refractivity contribution in [3.8, 4) is 16.9 Å². The molecule has 1 aliphatic heterocycles. The molecule has 3 aliphatic rings. The van der Waals surface area contributed by atoms with Crippen molar-refractivity contribution in [2.45, 2.75) is 37.6 Å². The summed E-state index contributed by atoms with van der Waals surface area (Å²) in [7, 11) is 5.02. The lowest BCUT2D eigenvalue weighted by Crippen LogP contribution is -2.42. The van der Waals surface area contributed by atoms with Gasteiger partial charge in [0.1, 0.15) is 16.5 Å². The van der Waals surface area contributed by atoms with Crippen LogP contribution >= 0.6 is 11.3 Å². The summed E-state index contributed by atoms with van der Waals surface area (Å²) < 4.78 is 7.54. The van der Waals surface area contributed by atoms with Crippen LogP contribution < -0.4 is 15.4 Å². The van der Waals surface area contributed by atoms with E-state index in [4.69, 9.17) is 4.74 Å². The third-order valence-electron chi connectivity index (χ3n) is 9.18. The second-order valence-electron chi connectivity index (χ2n) is 12.8. The number of methoxy groups -OCH3 is 1. The fraction of sp³-hybridized carbons (Fsp3) is 0.324. The van der Waals surface area contributed by atoms with Crippen molar-refractivity contribution < 1.29 is 19.1 Å². The van der Waals surface area contributed by atoms with Gasteiger partial charge in [-0.3, -0.25) is 19.7 Å². The predicted molar refractivity (Wildman–Crippen MR) is 180 cm³/mol. The fourth-order valence-corrected chi connectivity index (χ4v) is 7.12. The van der Waals surface area contributed by atoms with Gasteiger partial charge >= 0.3 is 0 Å². The quantitative estimate of drug-likeness (QED) is 0.228. The van der Waals surface area contributed by atoms with Crippen molar-refractivity contribution in [3.63, 3.8) is 0 Å². The number of hydrogen-bond acceptors (Lipinski definition) is 10. The summed E-state index contributed by atoms with van der Waals surface area (Å²) in [6.07, 6.45) is 7.05. The summed E-state index contributed by atoms with van der Waals surface area (Å²) >= 11 is 1.40. The van der Waals surface area contributed by atoms with Crippen LogP contribution in [0.4, 0.5) is 17.5 Å². The van der Waals surface area contributed by atoms with Crippen molar-refractivity contribution in [3.05, 3.63) is 76.0 Å². The maximum atomic E-state index is 13.8. The second kappa shape index (κ2) is 11.4. The number of nitrogens with zero attached hydrogens (tertiary/aromatic N) is 7. The highest BCUT2D eigenvalue weighted by Gasteiger charge is 2.51. The molecule has 2 aromatic carbocycles. The lowest BCUT2D eigenvalue weighted by atomic mass is 9.84. The highest BCUT2D eigenvalue weighted by atomic mass is 32.1. The largest absolute Gasteiger partial charge is 0.494 e. The molecule has 4 heterocycles. The first-order valence-electron chi connectivity index (χ1n) is 15.8. The molecule has 1 spiro atoms. The van der Waals surface area contributed by atoms with E-state index in [2.05, 4.69) is 36.8 Å². The third-order valence-corrected chi connectivity index (χ3v) is 10.0. The molecule has 0 radical (unpaired) electrons. The molecule has 0 bridgehead atoms. The molecule has 14 heteroatoms. The van der Waals surface area contributed by atoms with E-state index in [1.165, 1.54) is 16.2 Å². The Morgan fingerprint density at radius 3 is 2.71 bits per heavy atom. The maximum Gasteiger partial charge on any atom is 0.272 e. The van der Waals surface area contributed by atoms with Crippen LogP contribution in [0.1, 0.15) is 57.1 Å². The van der Waals surface area contributed by atoms with Gasteiger partial charge in [-0.15, -0.1) is 16.4 Å². The van der Waals surface area contributed by atoms with E-state index in [0.29, 0.717) is 47.2 Å². The maximum absolute atomic E-state index is 13.8. The first-order chi connectivity index (χ1) is 23.2. The number of hydrogen-bond donors (Lipinski definition) is 2. The number of benzene rings is 2. The third kappa shape index (κ3) is 5.31. The number of carbonyl (C=O) groups excluding carboxylic acids is 3. The highest BCUT2D eigenvalue weighted by molar-refractivity contribution is 7.09. The minimum absolute atomic E-state index is 0.0104. The van der Waals surface area contributed by atoms with E-state index in [1.54, 1.807) is 43.5 Å². The molecular weight excluding hydrogens is 631 g/mol. The van der Waals surface area contributed by atoms with Crippen molar-refractivity contribution in [1.29, 1.82) is 0 Å². The van der Waals surface area contributed by atoms with Gasteiger partial charge in [0, 0.05) is 60.9 Å². The van der Waals surface area contributed by atoms with Crippen LogP contribution in [0.15, 0.2) is 54.2 Å². The van der Waals surface area contributed by atoms with Gasteiger partial charge in [0.15, 0.2) is 11.5 Å². The summed E-state index contributed by atoms with van der Waals surface area (Å²) in [5.74, 6) is 0.947. The average molecular weight is 664 g/mol. The Morgan fingerprint density at radius 1 is 1.12 bits per heavy atom. The molecule has 48 heavy (non-hydrogen) atoms. The fourth-order valence-electron chi connectivity index (χ4n) is 6.34. The van der Waals surface area contributed by atoms with Crippen LogP contribution in [-0.4, -0.2) is 79.8 Å². The number of carbonyl (C=O) groups is 3. The molecule has 8 rings (SSSR count). The molecule has 0 atom stereocenters. The Kier molecular flexibility index (Phi) is 7.13. The van der Waals surface area contributed by atoms with Gasteiger partial charge in [0.25, 0.3) is 11.8 Å². The molecule has 3 amide bonds. The smallest absolute Gasteiger partial charge is 0.272 e. The number of imidazole rings is 1. The Labute approximate surface area is 280 Å². The zero-order valence-electron chi connectivity index (χ0n) is 26.7. The van der Waals surface area contributed by atoms with E-state index in [9.17, 15) is 14.4 Å². The van der Waals surface area contributed by atoms with Crippen LogP contribution in [0.25, 0.3) is 16.8 Å². The van der Waals surface area contributed by atoms with Gasteiger partial charge in [-0.05, 0) is 55.0 Å². The minimum Gasteiger partial charge on any atom is -0.494 e. The minimum atomic E-state index is -0.150.